The first kappa shape index (κ1) is 14.0. The van der Waals surface area contributed by atoms with Crippen molar-refractivity contribution in [3.63, 3.8) is 0 Å². The summed E-state index contributed by atoms with van der Waals surface area (Å²) in [6, 6.07) is 7.74. The molecule has 2 rings (SSSR count). The molecule has 0 unspecified atom stereocenters. The van der Waals surface area contributed by atoms with Crippen molar-refractivity contribution in [2.75, 3.05) is 16.9 Å². The number of nitrogens with two attached hydrogens (primary N) is 1. The maximum Gasteiger partial charge on any atom is 0.278 e. The largest absolute Gasteiger partial charge is 0.307 e. The lowest BCUT2D eigenvalue weighted by molar-refractivity contribution is 0.0983. The molecule has 2 aromatic rings. The fourth-order valence-electron chi connectivity index (χ4n) is 1.94. The third-order valence-corrected chi connectivity index (χ3v) is 2.99. The van der Waals surface area contributed by atoms with E-state index in [-0.39, 0.29) is 11.6 Å². The van der Waals surface area contributed by atoms with Gasteiger partial charge in [-0.1, -0.05) is 18.2 Å². The number of carbonyl (C=O) groups excluding carboxylic acids is 1. The van der Waals surface area contributed by atoms with Gasteiger partial charge >= 0.3 is 0 Å². The molecule has 0 bridgehead atoms. The van der Waals surface area contributed by atoms with Crippen molar-refractivity contribution in [3.05, 3.63) is 47.9 Å². The number of hydrazine groups is 1. The van der Waals surface area contributed by atoms with Crippen molar-refractivity contribution in [2.24, 2.45) is 5.84 Å². The van der Waals surface area contributed by atoms with Crippen LogP contribution in [0.2, 0.25) is 0 Å². The second kappa shape index (κ2) is 6.12. The number of benzene rings is 1. The Bertz CT molecular complexity index is 597. The van der Waals surface area contributed by atoms with Gasteiger partial charge in [0, 0.05) is 12.2 Å². The van der Waals surface area contributed by atoms with Crippen LogP contribution in [0.1, 0.15) is 23.0 Å². The maximum atomic E-state index is 12.5. The van der Waals surface area contributed by atoms with Crippen LogP contribution >= 0.6 is 0 Å². The van der Waals surface area contributed by atoms with Gasteiger partial charge in [0.25, 0.3) is 5.91 Å². The van der Waals surface area contributed by atoms with E-state index >= 15 is 0 Å². The van der Waals surface area contributed by atoms with Gasteiger partial charge < -0.3 is 10.3 Å². The Balaban J connectivity index is 2.31. The molecule has 0 radical (unpaired) electrons. The molecular formula is C14H17N5O. The van der Waals surface area contributed by atoms with Gasteiger partial charge in [0.05, 0.1) is 12.4 Å². The zero-order chi connectivity index (χ0) is 14.5. The summed E-state index contributed by atoms with van der Waals surface area (Å²) >= 11 is 0. The minimum Gasteiger partial charge on any atom is -0.307 e. The van der Waals surface area contributed by atoms with Gasteiger partial charge in [0.15, 0.2) is 5.82 Å². The quantitative estimate of drug-likeness (QED) is 0.653. The number of nitrogens with zero attached hydrogens (tertiary/aromatic N) is 3. The molecule has 20 heavy (non-hydrogen) atoms. The number of nitrogens with one attached hydrogen (secondary N) is 1. The van der Waals surface area contributed by atoms with E-state index in [1.54, 1.807) is 4.90 Å². The van der Waals surface area contributed by atoms with Crippen LogP contribution in [0.15, 0.2) is 36.7 Å². The Morgan fingerprint density at radius 2 is 2.05 bits per heavy atom. The van der Waals surface area contributed by atoms with E-state index in [2.05, 4.69) is 15.4 Å². The zero-order valence-corrected chi connectivity index (χ0v) is 11.5. The molecule has 0 atom stereocenters. The van der Waals surface area contributed by atoms with Crippen LogP contribution in [0.4, 0.5) is 11.5 Å². The first-order chi connectivity index (χ1) is 9.67. The number of para-hydroxylation sites is 1. The molecule has 6 nitrogen and oxygen atoms in total. The Hall–Kier alpha value is -2.47. The van der Waals surface area contributed by atoms with Crippen molar-refractivity contribution in [3.8, 4) is 0 Å². The van der Waals surface area contributed by atoms with Crippen molar-refractivity contribution in [2.45, 2.75) is 13.8 Å². The van der Waals surface area contributed by atoms with Crippen molar-refractivity contribution in [1.29, 1.82) is 0 Å². The number of carbonyl (C=O) groups is 1. The van der Waals surface area contributed by atoms with Crippen LogP contribution in [-0.2, 0) is 0 Å². The number of aryl methyl sites for hydroxylation is 1. The molecule has 0 aliphatic rings. The molecule has 1 aromatic carbocycles. The number of amides is 1. The summed E-state index contributed by atoms with van der Waals surface area (Å²) in [4.78, 5) is 22.3. The van der Waals surface area contributed by atoms with Crippen molar-refractivity contribution < 1.29 is 4.79 Å². The van der Waals surface area contributed by atoms with Crippen LogP contribution < -0.4 is 16.2 Å². The van der Waals surface area contributed by atoms with Gasteiger partial charge in [-0.25, -0.2) is 15.8 Å². The van der Waals surface area contributed by atoms with Gasteiger partial charge in [0.1, 0.15) is 5.69 Å². The molecule has 3 N–H and O–H groups in total. The number of rotatable bonds is 4. The van der Waals surface area contributed by atoms with E-state index in [1.807, 2.05) is 38.1 Å². The highest BCUT2D eigenvalue weighted by molar-refractivity contribution is 6.05. The topological polar surface area (TPSA) is 84.1 Å². The van der Waals surface area contributed by atoms with Gasteiger partial charge in [0.2, 0.25) is 0 Å². The Kier molecular flexibility index (Phi) is 4.27. The highest BCUT2D eigenvalue weighted by atomic mass is 16.2. The Morgan fingerprint density at radius 1 is 1.30 bits per heavy atom. The molecule has 0 saturated heterocycles. The standard InChI is InChI=1S/C14H17N5O/c1-3-19(12-7-5-4-6-10(12)2)14(20)11-8-17-13(18-15)9-16-11/h4-9H,3,15H2,1-2H3,(H,17,18). The molecule has 1 heterocycles. The molecule has 6 heteroatoms. The molecule has 1 aromatic heterocycles. The van der Waals surface area contributed by atoms with Crippen molar-refractivity contribution in [1.82, 2.24) is 9.97 Å². The normalized spacial score (nSPS) is 10.2. The van der Waals surface area contributed by atoms with E-state index in [9.17, 15) is 4.79 Å². The van der Waals surface area contributed by atoms with Crippen LogP contribution in [0.3, 0.4) is 0 Å². The lowest BCUT2D eigenvalue weighted by Gasteiger charge is -2.22. The van der Waals surface area contributed by atoms with E-state index in [4.69, 9.17) is 5.84 Å². The van der Waals surface area contributed by atoms with Crippen LogP contribution in [0.25, 0.3) is 0 Å². The summed E-state index contributed by atoms with van der Waals surface area (Å²) in [6.45, 7) is 4.45. The second-order valence-corrected chi connectivity index (χ2v) is 4.27. The highest BCUT2D eigenvalue weighted by Crippen LogP contribution is 2.20. The number of aromatic nitrogens is 2. The molecule has 0 saturated carbocycles. The fourth-order valence-corrected chi connectivity index (χ4v) is 1.94. The summed E-state index contributed by atoms with van der Waals surface area (Å²) in [7, 11) is 0. The average Bonchev–Trinajstić information content (AvgIpc) is 2.50. The summed E-state index contributed by atoms with van der Waals surface area (Å²) in [5.74, 6) is 5.46. The fraction of sp³-hybridized carbons (Fsp3) is 0.214. The Morgan fingerprint density at radius 3 is 2.60 bits per heavy atom. The van der Waals surface area contributed by atoms with E-state index in [0.717, 1.165) is 11.3 Å². The lowest BCUT2D eigenvalue weighted by atomic mass is 10.1. The molecule has 0 aliphatic heterocycles. The minimum absolute atomic E-state index is 0.183. The number of anilines is 2. The average molecular weight is 271 g/mol. The highest BCUT2D eigenvalue weighted by Gasteiger charge is 2.18. The zero-order valence-electron chi connectivity index (χ0n) is 11.5. The van der Waals surface area contributed by atoms with Crippen molar-refractivity contribution >= 4 is 17.4 Å². The first-order valence-electron chi connectivity index (χ1n) is 6.33. The van der Waals surface area contributed by atoms with Crippen LogP contribution in [-0.4, -0.2) is 22.4 Å². The molecular weight excluding hydrogens is 254 g/mol. The number of hydrogen-bond acceptors (Lipinski definition) is 5. The third-order valence-electron chi connectivity index (χ3n) is 2.99. The molecule has 0 aliphatic carbocycles. The SMILES string of the molecule is CCN(C(=O)c1cnc(NN)cn1)c1ccccc1C. The van der Waals surface area contributed by atoms with Crippen LogP contribution in [0.5, 0.6) is 0 Å². The van der Waals surface area contributed by atoms with E-state index < -0.39 is 0 Å². The predicted molar refractivity (Wildman–Crippen MR) is 78.4 cm³/mol. The third kappa shape index (κ3) is 2.75. The summed E-state index contributed by atoms with van der Waals surface area (Å²) < 4.78 is 0. The lowest BCUT2D eigenvalue weighted by Crippen LogP contribution is -2.32. The first-order valence-corrected chi connectivity index (χ1v) is 6.33. The van der Waals surface area contributed by atoms with E-state index in [0.29, 0.717) is 12.4 Å². The minimum atomic E-state index is -0.183. The Labute approximate surface area is 117 Å². The number of nitrogen functional groups attached to an aromatic ring is 1. The van der Waals surface area contributed by atoms with Gasteiger partial charge in [-0.15, -0.1) is 0 Å². The molecule has 104 valence electrons. The van der Waals surface area contributed by atoms with Crippen LogP contribution in [0, 0.1) is 6.92 Å². The molecule has 0 spiro atoms. The maximum absolute atomic E-state index is 12.5. The summed E-state index contributed by atoms with van der Waals surface area (Å²) in [5.41, 5.74) is 4.58. The molecule has 1 amide bonds. The number of hydrogen-bond donors (Lipinski definition) is 2. The van der Waals surface area contributed by atoms with Gasteiger partial charge in [-0.05, 0) is 25.5 Å². The van der Waals surface area contributed by atoms with E-state index in [1.165, 1.54) is 12.4 Å². The van der Waals surface area contributed by atoms with Gasteiger partial charge in [-0.2, -0.15) is 0 Å². The second-order valence-electron chi connectivity index (χ2n) is 4.27. The predicted octanol–water partition coefficient (Wildman–Crippen LogP) is 1.74. The smallest absolute Gasteiger partial charge is 0.278 e. The van der Waals surface area contributed by atoms with Gasteiger partial charge in [-0.3, -0.25) is 4.79 Å². The molecule has 0 fully saturated rings. The summed E-state index contributed by atoms with van der Waals surface area (Å²) in [6.07, 6.45) is 2.84. The monoisotopic (exact) mass is 271 g/mol. The summed E-state index contributed by atoms with van der Waals surface area (Å²) in [5, 5.41) is 0.